The van der Waals surface area contributed by atoms with Crippen molar-refractivity contribution in [3.05, 3.63) is 205 Å². The van der Waals surface area contributed by atoms with Crippen molar-refractivity contribution in [3.63, 3.8) is 0 Å². The summed E-state index contributed by atoms with van der Waals surface area (Å²) in [6.07, 6.45) is 8.04. The van der Waals surface area contributed by atoms with Gasteiger partial charge in [-0.2, -0.15) is 0 Å². The molecule has 53 heavy (non-hydrogen) atoms. The Hall–Kier alpha value is -6.38. The molecule has 0 amide bonds. The van der Waals surface area contributed by atoms with Crippen molar-refractivity contribution in [2.45, 2.75) is 31.7 Å². The highest BCUT2D eigenvalue weighted by molar-refractivity contribution is 6.10. The van der Waals surface area contributed by atoms with Gasteiger partial charge >= 0.3 is 0 Å². The van der Waals surface area contributed by atoms with Crippen molar-refractivity contribution in [1.29, 1.82) is 0 Å². The van der Waals surface area contributed by atoms with Crippen LogP contribution in [0.5, 0.6) is 0 Å². The molecule has 10 rings (SSSR count). The van der Waals surface area contributed by atoms with E-state index in [4.69, 9.17) is 0 Å². The quantitative estimate of drug-likeness (QED) is 0.170. The number of fused-ring (bicyclic) bond motifs is 6. The average Bonchev–Trinajstić information content (AvgIpc) is 3.68. The Kier molecular flexibility index (Phi) is 7.33. The summed E-state index contributed by atoms with van der Waals surface area (Å²) in [5.41, 5.74) is 16.5. The molecule has 7 aromatic carbocycles. The van der Waals surface area contributed by atoms with Gasteiger partial charge in [0.2, 0.25) is 0 Å². The Bertz CT molecular complexity index is 2710. The number of benzene rings is 7. The number of anilines is 2. The predicted octanol–water partition coefficient (Wildman–Crippen LogP) is 13.3. The van der Waals surface area contributed by atoms with E-state index in [0.29, 0.717) is 0 Å². The number of allylic oxidation sites excluding steroid dienone is 2. The van der Waals surface area contributed by atoms with Gasteiger partial charge in [-0.3, -0.25) is 0 Å². The molecule has 2 nitrogen and oxygen atoms in total. The standard InChI is InChI=1S/C51H40N2/c1-51(2)45-20-11-9-19-43(45)50-46(51)21-13-23-49(50)52(40-29-24-36(25-30-40)35-14-5-3-6-15-35)41-31-26-37(27-32-41)38-28-33-48-44(34-38)42-18-10-12-22-47(42)53(48)39-16-7-4-8-17-39/h3-29,31-34,40H,30H2,1-2H3. The summed E-state index contributed by atoms with van der Waals surface area (Å²) in [4.78, 5) is 2.58. The lowest BCUT2D eigenvalue weighted by Crippen LogP contribution is -2.30. The average molecular weight is 681 g/mol. The van der Waals surface area contributed by atoms with Crippen molar-refractivity contribution in [2.75, 3.05) is 4.90 Å². The van der Waals surface area contributed by atoms with Crippen LogP contribution in [-0.4, -0.2) is 10.6 Å². The molecule has 2 aliphatic carbocycles. The highest BCUT2D eigenvalue weighted by atomic mass is 15.2. The molecule has 0 saturated carbocycles. The van der Waals surface area contributed by atoms with E-state index in [1.54, 1.807) is 0 Å². The number of hydrogen-bond acceptors (Lipinski definition) is 1. The second-order valence-electron chi connectivity index (χ2n) is 14.9. The molecule has 1 unspecified atom stereocenters. The van der Waals surface area contributed by atoms with Crippen LogP contribution in [0.1, 0.15) is 37.0 Å². The molecule has 8 aromatic rings. The predicted molar refractivity (Wildman–Crippen MR) is 224 cm³/mol. The van der Waals surface area contributed by atoms with Crippen LogP contribution >= 0.6 is 0 Å². The number of aromatic nitrogens is 1. The summed E-state index contributed by atoms with van der Waals surface area (Å²) in [5.74, 6) is 0. The van der Waals surface area contributed by atoms with Crippen molar-refractivity contribution in [1.82, 2.24) is 4.57 Å². The summed E-state index contributed by atoms with van der Waals surface area (Å²) >= 11 is 0. The van der Waals surface area contributed by atoms with E-state index in [0.717, 1.165) is 6.42 Å². The molecule has 254 valence electrons. The fourth-order valence-electron chi connectivity index (χ4n) is 8.91. The van der Waals surface area contributed by atoms with Gasteiger partial charge in [0.25, 0.3) is 0 Å². The van der Waals surface area contributed by atoms with E-state index in [1.165, 1.54) is 83.4 Å². The smallest absolute Gasteiger partial charge is 0.0560 e. The van der Waals surface area contributed by atoms with Gasteiger partial charge in [0.05, 0.1) is 17.1 Å². The van der Waals surface area contributed by atoms with Gasteiger partial charge in [-0.15, -0.1) is 0 Å². The van der Waals surface area contributed by atoms with E-state index in [-0.39, 0.29) is 11.5 Å². The minimum atomic E-state index is -0.0669. The van der Waals surface area contributed by atoms with E-state index >= 15 is 0 Å². The monoisotopic (exact) mass is 680 g/mol. The van der Waals surface area contributed by atoms with Gasteiger partial charge in [0, 0.05) is 38.8 Å². The van der Waals surface area contributed by atoms with Crippen molar-refractivity contribution in [3.8, 4) is 27.9 Å². The van der Waals surface area contributed by atoms with Gasteiger partial charge in [0.15, 0.2) is 0 Å². The number of rotatable bonds is 6. The van der Waals surface area contributed by atoms with Gasteiger partial charge in [-0.1, -0.05) is 153 Å². The van der Waals surface area contributed by atoms with Gasteiger partial charge in [0.1, 0.15) is 0 Å². The molecule has 0 fully saturated rings. The maximum Gasteiger partial charge on any atom is 0.0560 e. The summed E-state index contributed by atoms with van der Waals surface area (Å²) < 4.78 is 2.38. The van der Waals surface area contributed by atoms with Crippen LogP contribution in [0.3, 0.4) is 0 Å². The van der Waals surface area contributed by atoms with Crippen LogP contribution in [-0.2, 0) is 5.41 Å². The van der Waals surface area contributed by atoms with Crippen LogP contribution in [0.4, 0.5) is 11.4 Å². The summed E-state index contributed by atoms with van der Waals surface area (Å²) in [7, 11) is 0. The molecule has 1 atom stereocenters. The fourth-order valence-corrected chi connectivity index (χ4v) is 8.91. The minimum absolute atomic E-state index is 0.0669. The second kappa shape index (κ2) is 12.4. The van der Waals surface area contributed by atoms with Crippen LogP contribution in [0.15, 0.2) is 188 Å². The molecule has 2 heteroatoms. The fraction of sp³-hybridized carbons (Fsp3) is 0.0980. The van der Waals surface area contributed by atoms with Gasteiger partial charge < -0.3 is 9.47 Å². The lowest BCUT2D eigenvalue weighted by Gasteiger charge is -2.35. The first-order chi connectivity index (χ1) is 26.1. The maximum absolute atomic E-state index is 2.58. The molecule has 1 heterocycles. The summed E-state index contributed by atoms with van der Waals surface area (Å²) in [6, 6.07) is 62.4. The molecular formula is C51H40N2. The Morgan fingerprint density at radius 2 is 1.25 bits per heavy atom. The molecule has 0 N–H and O–H groups in total. The number of hydrogen-bond donors (Lipinski definition) is 0. The van der Waals surface area contributed by atoms with Gasteiger partial charge in [-0.25, -0.2) is 0 Å². The highest BCUT2D eigenvalue weighted by Crippen LogP contribution is 2.53. The SMILES string of the molecule is CC1(C)c2ccccc2-c2c(N(c3ccc(-c4ccc5c(c4)c4ccccc4n5-c4ccccc4)cc3)C3C=CC(c4ccccc4)=CC3)cccc21. The number of nitrogens with zero attached hydrogens (tertiary/aromatic N) is 2. The van der Waals surface area contributed by atoms with Crippen molar-refractivity contribution < 1.29 is 0 Å². The zero-order valence-corrected chi connectivity index (χ0v) is 30.1. The van der Waals surface area contributed by atoms with Crippen LogP contribution in [0.2, 0.25) is 0 Å². The van der Waals surface area contributed by atoms with Gasteiger partial charge in [-0.05, 0) is 93.9 Å². The van der Waals surface area contributed by atoms with Crippen molar-refractivity contribution >= 4 is 38.8 Å². The van der Waals surface area contributed by atoms with Crippen LogP contribution in [0.25, 0.3) is 55.3 Å². The third kappa shape index (κ3) is 5.09. The van der Waals surface area contributed by atoms with Crippen LogP contribution < -0.4 is 4.90 Å². The molecule has 2 aliphatic rings. The van der Waals surface area contributed by atoms with E-state index in [1.807, 2.05) is 0 Å². The Morgan fingerprint density at radius 1 is 0.566 bits per heavy atom. The van der Waals surface area contributed by atoms with Crippen LogP contribution in [0, 0.1) is 0 Å². The first kappa shape index (κ1) is 31.4. The number of para-hydroxylation sites is 2. The molecular weight excluding hydrogens is 641 g/mol. The Balaban J connectivity index is 1.08. The molecule has 0 radical (unpaired) electrons. The highest BCUT2D eigenvalue weighted by Gasteiger charge is 2.38. The lowest BCUT2D eigenvalue weighted by molar-refractivity contribution is 0.660. The normalized spacial score (nSPS) is 15.7. The lowest BCUT2D eigenvalue weighted by atomic mass is 9.82. The zero-order chi connectivity index (χ0) is 35.5. The van der Waals surface area contributed by atoms with Crippen molar-refractivity contribution in [2.24, 2.45) is 0 Å². The first-order valence-corrected chi connectivity index (χ1v) is 18.7. The molecule has 0 saturated heterocycles. The second-order valence-corrected chi connectivity index (χ2v) is 14.9. The third-order valence-electron chi connectivity index (χ3n) is 11.5. The van der Waals surface area contributed by atoms with E-state index in [2.05, 4.69) is 211 Å². The Labute approximate surface area is 311 Å². The summed E-state index contributed by atoms with van der Waals surface area (Å²) in [6.45, 7) is 4.73. The third-order valence-corrected chi connectivity index (χ3v) is 11.5. The first-order valence-electron chi connectivity index (χ1n) is 18.7. The maximum atomic E-state index is 2.58. The van der Waals surface area contributed by atoms with E-state index in [9.17, 15) is 0 Å². The molecule has 0 bridgehead atoms. The summed E-state index contributed by atoms with van der Waals surface area (Å²) in [5, 5.41) is 2.53. The molecule has 0 aliphatic heterocycles. The molecule has 0 spiro atoms. The molecule has 1 aromatic heterocycles. The largest absolute Gasteiger partial charge is 0.334 e. The Morgan fingerprint density at radius 3 is 2.04 bits per heavy atom. The van der Waals surface area contributed by atoms with E-state index < -0.39 is 0 Å². The minimum Gasteiger partial charge on any atom is -0.334 e. The zero-order valence-electron chi connectivity index (χ0n) is 30.1. The topological polar surface area (TPSA) is 8.17 Å².